The Morgan fingerprint density at radius 1 is 1.63 bits per heavy atom. The van der Waals surface area contributed by atoms with Crippen LogP contribution in [0.4, 0.5) is 0 Å². The Bertz CT molecular complexity index is 490. The van der Waals surface area contributed by atoms with Crippen molar-refractivity contribution >= 4 is 39.1 Å². The number of amides is 1. The molecule has 19 heavy (non-hydrogen) atoms. The molecule has 2 heterocycles. The van der Waals surface area contributed by atoms with E-state index in [1.54, 1.807) is 23.5 Å². The van der Waals surface area contributed by atoms with Gasteiger partial charge in [0.2, 0.25) is 0 Å². The lowest BCUT2D eigenvalue weighted by atomic mass is 10.1. The van der Waals surface area contributed by atoms with E-state index in [0.29, 0.717) is 18.5 Å². The second kappa shape index (κ2) is 6.02. The number of rotatable bonds is 4. The third-order valence-electron chi connectivity index (χ3n) is 3.19. The Hall–Kier alpha value is -0.920. The largest absolute Gasteiger partial charge is 0.481 e. The molecule has 7 heteroatoms. The zero-order valence-electron chi connectivity index (χ0n) is 10.3. The fourth-order valence-electron chi connectivity index (χ4n) is 2.28. The van der Waals surface area contributed by atoms with Crippen LogP contribution in [0.2, 0.25) is 0 Å². The number of carboxylic acid groups (broad SMARTS) is 1. The first-order valence-corrected chi connectivity index (χ1v) is 7.48. The molecule has 1 aromatic rings. The first kappa shape index (κ1) is 14.5. The van der Waals surface area contributed by atoms with Crippen molar-refractivity contribution in [3.63, 3.8) is 0 Å². The number of halogens is 1. The number of thiophene rings is 1. The molecule has 2 unspecified atom stereocenters. The summed E-state index contributed by atoms with van der Waals surface area (Å²) in [6, 6.07) is 1.46. The minimum Gasteiger partial charge on any atom is -0.481 e. The maximum atomic E-state index is 12.4. The van der Waals surface area contributed by atoms with Gasteiger partial charge in [-0.3, -0.25) is 9.59 Å². The van der Waals surface area contributed by atoms with Gasteiger partial charge in [-0.05, 0) is 28.4 Å². The smallest absolute Gasteiger partial charge is 0.305 e. The zero-order valence-corrected chi connectivity index (χ0v) is 12.7. The van der Waals surface area contributed by atoms with E-state index in [2.05, 4.69) is 15.9 Å². The monoisotopic (exact) mass is 347 g/mol. The van der Waals surface area contributed by atoms with E-state index in [1.165, 1.54) is 11.3 Å². The lowest BCUT2D eigenvalue weighted by Gasteiger charge is -2.22. The molecule has 1 saturated heterocycles. The molecule has 0 aromatic carbocycles. The average molecular weight is 348 g/mol. The van der Waals surface area contributed by atoms with Crippen molar-refractivity contribution in [3.05, 3.63) is 20.8 Å². The highest BCUT2D eigenvalue weighted by atomic mass is 79.9. The Morgan fingerprint density at radius 2 is 2.37 bits per heavy atom. The third kappa shape index (κ3) is 3.34. The summed E-state index contributed by atoms with van der Waals surface area (Å²) in [5, 5.41) is 10.7. The van der Waals surface area contributed by atoms with E-state index in [0.717, 1.165) is 3.79 Å². The Labute approximate surface area is 123 Å². The molecule has 104 valence electrons. The molecule has 1 aromatic heterocycles. The molecular formula is C12H14BrNO4S. The summed E-state index contributed by atoms with van der Waals surface area (Å²) >= 11 is 4.75. The van der Waals surface area contributed by atoms with Crippen LogP contribution in [-0.2, 0) is 9.53 Å². The van der Waals surface area contributed by atoms with E-state index >= 15 is 0 Å². The van der Waals surface area contributed by atoms with Gasteiger partial charge < -0.3 is 14.7 Å². The fourth-order valence-corrected chi connectivity index (χ4v) is 3.41. The number of hydrogen-bond acceptors (Lipinski definition) is 4. The van der Waals surface area contributed by atoms with E-state index in [-0.39, 0.29) is 24.5 Å². The highest BCUT2D eigenvalue weighted by Gasteiger charge is 2.37. The molecule has 0 saturated carbocycles. The zero-order chi connectivity index (χ0) is 14.0. The topological polar surface area (TPSA) is 66.8 Å². The number of aliphatic carboxylic acids is 1. The highest BCUT2D eigenvalue weighted by Crippen LogP contribution is 2.27. The third-order valence-corrected chi connectivity index (χ3v) is 4.70. The van der Waals surface area contributed by atoms with Gasteiger partial charge in [0.05, 0.1) is 21.9 Å². The van der Waals surface area contributed by atoms with E-state index in [4.69, 9.17) is 9.84 Å². The second-order valence-electron chi connectivity index (χ2n) is 4.44. The number of carboxylic acids is 1. The number of hydrogen-bond donors (Lipinski definition) is 1. The van der Waals surface area contributed by atoms with Crippen LogP contribution < -0.4 is 0 Å². The van der Waals surface area contributed by atoms with Crippen molar-refractivity contribution in [1.29, 1.82) is 0 Å². The lowest BCUT2D eigenvalue weighted by molar-refractivity contribution is -0.137. The minimum absolute atomic E-state index is 0.0447. The number of nitrogens with zero attached hydrogens (tertiary/aromatic N) is 1. The maximum absolute atomic E-state index is 12.4. The number of methoxy groups -OCH3 is 1. The molecule has 1 fully saturated rings. The summed E-state index contributed by atoms with van der Waals surface area (Å²) in [5.74, 6) is -1.03. The molecule has 1 aliphatic heterocycles. The Morgan fingerprint density at radius 3 is 2.89 bits per heavy atom. The normalized spacial score (nSPS) is 22.7. The lowest BCUT2D eigenvalue weighted by Crippen LogP contribution is -2.37. The predicted octanol–water partition coefficient (Wildman–Crippen LogP) is 2.21. The van der Waals surface area contributed by atoms with Gasteiger partial charge in [-0.25, -0.2) is 0 Å². The Balaban J connectivity index is 2.15. The van der Waals surface area contributed by atoms with Crippen LogP contribution in [0.1, 0.15) is 23.2 Å². The van der Waals surface area contributed by atoms with Gasteiger partial charge in [-0.15, -0.1) is 11.3 Å². The molecule has 2 rings (SSSR count). The van der Waals surface area contributed by atoms with Crippen molar-refractivity contribution in [2.45, 2.75) is 25.0 Å². The first-order chi connectivity index (χ1) is 9.01. The summed E-state index contributed by atoms with van der Waals surface area (Å²) < 4.78 is 6.13. The van der Waals surface area contributed by atoms with Gasteiger partial charge in [-0.1, -0.05) is 0 Å². The highest BCUT2D eigenvalue weighted by molar-refractivity contribution is 9.11. The standard InChI is InChI=1S/C12H14BrNO4S/c1-18-9-3-8(4-11(15)16)14(5-9)12(17)7-2-10(13)19-6-7/h2,6,8-9H,3-5H2,1H3,(H,15,16). The van der Waals surface area contributed by atoms with Gasteiger partial charge in [0.15, 0.2) is 0 Å². The first-order valence-electron chi connectivity index (χ1n) is 5.81. The molecule has 0 spiro atoms. The average Bonchev–Trinajstić information content (AvgIpc) is 2.94. The molecule has 1 aliphatic rings. The van der Waals surface area contributed by atoms with Gasteiger partial charge in [0.25, 0.3) is 5.91 Å². The van der Waals surface area contributed by atoms with E-state index in [9.17, 15) is 9.59 Å². The molecule has 2 atom stereocenters. The van der Waals surface area contributed by atoms with Crippen LogP contribution in [0.5, 0.6) is 0 Å². The number of carbonyl (C=O) groups is 2. The van der Waals surface area contributed by atoms with Crippen LogP contribution in [0.25, 0.3) is 0 Å². The molecule has 1 amide bonds. The van der Waals surface area contributed by atoms with Crippen LogP contribution in [0, 0.1) is 0 Å². The van der Waals surface area contributed by atoms with Crippen LogP contribution in [0.15, 0.2) is 15.2 Å². The van der Waals surface area contributed by atoms with Gasteiger partial charge in [0, 0.05) is 25.1 Å². The van der Waals surface area contributed by atoms with Gasteiger partial charge >= 0.3 is 5.97 Å². The number of ether oxygens (including phenoxy) is 1. The summed E-state index contributed by atoms with van der Waals surface area (Å²) in [4.78, 5) is 24.9. The van der Waals surface area contributed by atoms with Crippen molar-refractivity contribution in [1.82, 2.24) is 4.90 Å². The predicted molar refractivity (Wildman–Crippen MR) is 74.5 cm³/mol. The molecular weight excluding hydrogens is 334 g/mol. The van der Waals surface area contributed by atoms with Gasteiger partial charge in [-0.2, -0.15) is 0 Å². The second-order valence-corrected chi connectivity index (χ2v) is 6.73. The number of carbonyl (C=O) groups excluding carboxylic acids is 1. The van der Waals surface area contributed by atoms with Crippen molar-refractivity contribution < 1.29 is 19.4 Å². The van der Waals surface area contributed by atoms with E-state index < -0.39 is 5.97 Å². The molecule has 0 bridgehead atoms. The Kier molecular flexibility index (Phi) is 4.59. The molecule has 5 nitrogen and oxygen atoms in total. The maximum Gasteiger partial charge on any atom is 0.305 e. The van der Waals surface area contributed by atoms with Gasteiger partial charge in [0.1, 0.15) is 0 Å². The summed E-state index contributed by atoms with van der Waals surface area (Å²) in [6.07, 6.45) is 0.437. The van der Waals surface area contributed by atoms with Crippen LogP contribution in [-0.4, -0.2) is 47.7 Å². The van der Waals surface area contributed by atoms with Crippen LogP contribution >= 0.6 is 27.3 Å². The van der Waals surface area contributed by atoms with Crippen molar-refractivity contribution in [2.75, 3.05) is 13.7 Å². The van der Waals surface area contributed by atoms with E-state index in [1.807, 2.05) is 0 Å². The SMILES string of the molecule is COC1CC(CC(=O)O)N(C(=O)c2csc(Br)c2)C1. The molecule has 0 aliphatic carbocycles. The summed E-state index contributed by atoms with van der Waals surface area (Å²) in [5.41, 5.74) is 0.587. The quantitative estimate of drug-likeness (QED) is 0.906. The molecule has 1 N–H and O–H groups in total. The number of likely N-dealkylation sites (tertiary alicyclic amines) is 1. The summed E-state index contributed by atoms with van der Waals surface area (Å²) in [7, 11) is 1.58. The van der Waals surface area contributed by atoms with Crippen LogP contribution in [0.3, 0.4) is 0 Å². The molecule has 0 radical (unpaired) electrons. The summed E-state index contributed by atoms with van der Waals surface area (Å²) in [6.45, 7) is 0.445. The van der Waals surface area contributed by atoms with Crippen molar-refractivity contribution in [3.8, 4) is 0 Å². The minimum atomic E-state index is -0.897. The van der Waals surface area contributed by atoms with Crippen molar-refractivity contribution in [2.24, 2.45) is 0 Å². The fraction of sp³-hybridized carbons (Fsp3) is 0.500.